The van der Waals surface area contributed by atoms with E-state index in [2.05, 4.69) is 81.6 Å². The van der Waals surface area contributed by atoms with Crippen LogP contribution < -0.4 is 5.73 Å². The van der Waals surface area contributed by atoms with Crippen LogP contribution in [0.2, 0.25) is 0 Å². The van der Waals surface area contributed by atoms with Crippen LogP contribution in [0.25, 0.3) is 32.6 Å². The van der Waals surface area contributed by atoms with Crippen molar-refractivity contribution in [1.82, 2.24) is 4.57 Å². The number of benzene rings is 4. The number of nitrogens with zero attached hydrogens (tertiary/aromatic N) is 3. The summed E-state index contributed by atoms with van der Waals surface area (Å²) < 4.78 is 2.33. The Balaban J connectivity index is 1.69. The molecule has 140 valence electrons. The van der Waals surface area contributed by atoms with Gasteiger partial charge in [0.2, 0.25) is 0 Å². The number of para-hydroxylation sites is 1. The highest BCUT2D eigenvalue weighted by molar-refractivity contribution is 6.11. The van der Waals surface area contributed by atoms with E-state index >= 15 is 0 Å². The summed E-state index contributed by atoms with van der Waals surface area (Å²) in [7, 11) is 0. The number of amidine groups is 1. The third-order valence-corrected chi connectivity index (χ3v) is 5.38. The number of nitrogens with two attached hydrogens (primary N) is 1. The van der Waals surface area contributed by atoms with Crippen LogP contribution in [-0.2, 0) is 6.54 Å². The first-order chi connectivity index (χ1) is 14.2. The van der Waals surface area contributed by atoms with Crippen molar-refractivity contribution in [2.24, 2.45) is 16.1 Å². The van der Waals surface area contributed by atoms with Crippen molar-refractivity contribution in [3.8, 4) is 0 Å². The molecular formula is C24H19N5. The second-order valence-electron chi connectivity index (χ2n) is 7.10. The zero-order chi connectivity index (χ0) is 19.8. The highest BCUT2D eigenvalue weighted by atomic mass is 15.3. The van der Waals surface area contributed by atoms with Gasteiger partial charge in [-0.1, -0.05) is 59.8 Å². The van der Waals surface area contributed by atoms with Crippen LogP contribution in [0.15, 0.2) is 95.3 Å². The first kappa shape index (κ1) is 17.1. The van der Waals surface area contributed by atoms with Crippen molar-refractivity contribution in [3.63, 3.8) is 0 Å². The molecular weight excluding hydrogens is 358 g/mol. The Morgan fingerprint density at radius 2 is 1.55 bits per heavy atom. The van der Waals surface area contributed by atoms with Crippen LogP contribution in [0, 0.1) is 5.53 Å². The molecule has 5 heteroatoms. The summed E-state index contributed by atoms with van der Waals surface area (Å²) in [4.78, 5) is 0. The lowest BCUT2D eigenvalue weighted by Gasteiger charge is -2.09. The minimum Gasteiger partial charge on any atom is -0.382 e. The quantitative estimate of drug-likeness (QED) is 0.180. The molecule has 1 aromatic heterocycles. The minimum absolute atomic E-state index is 0.244. The molecule has 0 saturated heterocycles. The molecule has 5 rings (SSSR count). The summed E-state index contributed by atoms with van der Waals surface area (Å²) in [6.07, 6.45) is 0. The standard InChI is InChI=1S/C24H19N5/c25-24(27-28-26)19-11-12-23-21(14-19)20-7-3-4-8-22(20)29(23)15-16-9-10-17-5-1-2-6-18(17)13-16/h1-14H,15H2,(H3,25,26,27). The lowest BCUT2D eigenvalue weighted by Crippen LogP contribution is -2.12. The molecule has 5 aromatic rings. The van der Waals surface area contributed by atoms with E-state index in [1.807, 2.05) is 18.2 Å². The summed E-state index contributed by atoms with van der Waals surface area (Å²) in [5, 5.41) is 11.5. The van der Waals surface area contributed by atoms with E-state index in [4.69, 9.17) is 11.3 Å². The molecule has 1 heterocycles. The number of rotatable bonds is 4. The normalized spacial score (nSPS) is 12.1. The largest absolute Gasteiger partial charge is 0.382 e. The van der Waals surface area contributed by atoms with E-state index in [0.29, 0.717) is 0 Å². The smallest absolute Gasteiger partial charge is 0.155 e. The molecule has 5 nitrogen and oxygen atoms in total. The number of aromatic nitrogens is 1. The van der Waals surface area contributed by atoms with Crippen LogP contribution in [0.4, 0.5) is 0 Å². The average molecular weight is 377 g/mol. The zero-order valence-corrected chi connectivity index (χ0v) is 15.7. The fourth-order valence-electron chi connectivity index (χ4n) is 4.01. The lowest BCUT2D eigenvalue weighted by molar-refractivity contribution is 0.870. The predicted molar refractivity (Wildman–Crippen MR) is 118 cm³/mol. The molecule has 3 N–H and O–H groups in total. The molecule has 0 aliphatic rings. The fourth-order valence-corrected chi connectivity index (χ4v) is 4.01. The van der Waals surface area contributed by atoms with Crippen LogP contribution in [-0.4, -0.2) is 10.4 Å². The molecule has 0 radical (unpaired) electrons. The zero-order valence-electron chi connectivity index (χ0n) is 15.7. The molecule has 0 amide bonds. The molecule has 0 aliphatic heterocycles. The first-order valence-corrected chi connectivity index (χ1v) is 9.43. The summed E-state index contributed by atoms with van der Waals surface area (Å²) in [5.41, 5.74) is 17.2. The number of fused-ring (bicyclic) bond motifs is 4. The van der Waals surface area contributed by atoms with Crippen molar-refractivity contribution < 1.29 is 0 Å². The maximum atomic E-state index is 6.92. The van der Waals surface area contributed by atoms with Crippen LogP contribution in [0.5, 0.6) is 0 Å². The molecule has 0 fully saturated rings. The lowest BCUT2D eigenvalue weighted by atomic mass is 10.1. The Kier molecular flexibility index (Phi) is 4.06. The van der Waals surface area contributed by atoms with E-state index in [-0.39, 0.29) is 5.84 Å². The summed E-state index contributed by atoms with van der Waals surface area (Å²) in [6, 6.07) is 29.5. The summed E-state index contributed by atoms with van der Waals surface area (Å²) in [6.45, 7) is 0.778. The Morgan fingerprint density at radius 1 is 0.793 bits per heavy atom. The average Bonchev–Trinajstić information content (AvgIpc) is 3.07. The highest BCUT2D eigenvalue weighted by Gasteiger charge is 2.12. The van der Waals surface area contributed by atoms with E-state index in [1.54, 1.807) is 0 Å². The molecule has 0 bridgehead atoms. The van der Waals surface area contributed by atoms with E-state index in [1.165, 1.54) is 27.2 Å². The van der Waals surface area contributed by atoms with Crippen LogP contribution in [0.3, 0.4) is 0 Å². The summed E-state index contributed by atoms with van der Waals surface area (Å²) >= 11 is 0. The second kappa shape index (κ2) is 6.87. The van der Waals surface area contributed by atoms with Gasteiger partial charge in [-0.2, -0.15) is 5.53 Å². The maximum absolute atomic E-state index is 6.92. The number of hydrogen-bond donors (Lipinski definition) is 2. The SMILES string of the molecule is N=NN=C(N)c1ccc2c(c1)c1ccccc1n2Cc1ccc2ccccc2c1. The van der Waals surface area contributed by atoms with Gasteiger partial charge in [-0.25, -0.2) is 0 Å². The van der Waals surface area contributed by atoms with Gasteiger partial charge in [0.05, 0.1) is 0 Å². The van der Waals surface area contributed by atoms with Gasteiger partial charge in [0, 0.05) is 33.9 Å². The van der Waals surface area contributed by atoms with Crippen LogP contribution >= 0.6 is 0 Å². The number of hydrogen-bond acceptors (Lipinski definition) is 2. The third kappa shape index (κ3) is 2.93. The van der Waals surface area contributed by atoms with Crippen LogP contribution in [0.1, 0.15) is 11.1 Å². The van der Waals surface area contributed by atoms with Gasteiger partial charge in [-0.05, 0) is 46.7 Å². The predicted octanol–water partition coefficient (Wildman–Crippen LogP) is 5.65. The molecule has 0 atom stereocenters. The Labute approximate surface area is 167 Å². The topological polar surface area (TPSA) is 79.5 Å². The summed E-state index contributed by atoms with van der Waals surface area (Å²) in [5.74, 6) is 0.244. The number of nitrogens with one attached hydrogen (secondary N) is 1. The van der Waals surface area contributed by atoms with Gasteiger partial charge in [0.1, 0.15) is 0 Å². The van der Waals surface area contributed by atoms with E-state index in [9.17, 15) is 0 Å². The molecule has 0 saturated carbocycles. The Hall–Kier alpha value is -3.99. The van der Waals surface area contributed by atoms with Gasteiger partial charge in [0.25, 0.3) is 0 Å². The minimum atomic E-state index is 0.244. The Bertz CT molecular complexity index is 1410. The van der Waals surface area contributed by atoms with Crippen molar-refractivity contribution in [3.05, 3.63) is 96.1 Å². The molecule has 4 aromatic carbocycles. The van der Waals surface area contributed by atoms with Gasteiger partial charge in [-0.3, -0.25) is 0 Å². The van der Waals surface area contributed by atoms with Gasteiger partial charge >= 0.3 is 0 Å². The molecule has 0 unspecified atom stereocenters. The maximum Gasteiger partial charge on any atom is 0.155 e. The van der Waals surface area contributed by atoms with Crippen molar-refractivity contribution in [2.75, 3.05) is 0 Å². The van der Waals surface area contributed by atoms with Gasteiger partial charge < -0.3 is 10.3 Å². The van der Waals surface area contributed by atoms with E-state index in [0.717, 1.165) is 23.0 Å². The fraction of sp³-hybridized carbons (Fsp3) is 0.0417. The molecule has 29 heavy (non-hydrogen) atoms. The van der Waals surface area contributed by atoms with Gasteiger partial charge in [0.15, 0.2) is 5.84 Å². The molecule has 0 spiro atoms. The van der Waals surface area contributed by atoms with Crippen molar-refractivity contribution in [1.29, 1.82) is 5.53 Å². The highest BCUT2D eigenvalue weighted by Crippen LogP contribution is 2.31. The third-order valence-electron chi connectivity index (χ3n) is 5.38. The molecule has 0 aliphatic carbocycles. The van der Waals surface area contributed by atoms with Crippen molar-refractivity contribution in [2.45, 2.75) is 6.54 Å². The second-order valence-corrected chi connectivity index (χ2v) is 7.10. The first-order valence-electron chi connectivity index (χ1n) is 9.43. The van der Waals surface area contributed by atoms with Gasteiger partial charge in [-0.15, -0.1) is 5.10 Å². The van der Waals surface area contributed by atoms with Crippen molar-refractivity contribution >= 4 is 38.4 Å². The Morgan fingerprint density at radius 3 is 2.41 bits per heavy atom. The monoisotopic (exact) mass is 377 g/mol. The van der Waals surface area contributed by atoms with E-state index < -0.39 is 0 Å².